The quantitative estimate of drug-likeness (QED) is 0.749. The summed E-state index contributed by atoms with van der Waals surface area (Å²) >= 11 is 1.72. The van der Waals surface area contributed by atoms with Crippen LogP contribution in [-0.4, -0.2) is 24.0 Å². The summed E-state index contributed by atoms with van der Waals surface area (Å²) in [5.74, 6) is 0.772. The number of hydrogen-bond donors (Lipinski definition) is 2. The van der Waals surface area contributed by atoms with E-state index in [1.165, 1.54) is 10.5 Å². The Morgan fingerprint density at radius 2 is 2.19 bits per heavy atom. The zero-order chi connectivity index (χ0) is 12.0. The molecule has 0 saturated carbocycles. The molecule has 0 bridgehead atoms. The molecule has 0 radical (unpaired) electrons. The third kappa shape index (κ3) is 4.16. The molecule has 1 aromatic rings. The number of benzene rings is 1. The molecule has 90 valence electrons. The van der Waals surface area contributed by atoms with Crippen molar-refractivity contribution in [3.05, 3.63) is 29.8 Å². The van der Waals surface area contributed by atoms with Gasteiger partial charge in [-0.15, -0.1) is 11.8 Å². The highest BCUT2D eigenvalue weighted by atomic mass is 32.2. The maximum Gasteiger partial charge on any atom is 0.0631 e. The Kier molecular flexibility index (Phi) is 5.88. The average molecular weight is 239 g/mol. The predicted octanol–water partition coefficient (Wildman–Crippen LogP) is 2.83. The summed E-state index contributed by atoms with van der Waals surface area (Å²) in [7, 11) is 1.96. The average Bonchev–Trinajstić information content (AvgIpc) is 2.35. The molecule has 2 nitrogen and oxygen atoms in total. The van der Waals surface area contributed by atoms with E-state index in [-0.39, 0.29) is 6.10 Å². The van der Waals surface area contributed by atoms with Gasteiger partial charge >= 0.3 is 0 Å². The van der Waals surface area contributed by atoms with Crippen LogP contribution in [0.4, 0.5) is 0 Å². The zero-order valence-electron chi connectivity index (χ0n) is 10.2. The molecule has 16 heavy (non-hydrogen) atoms. The van der Waals surface area contributed by atoms with Crippen molar-refractivity contribution in [2.75, 3.05) is 12.8 Å². The Bertz CT molecular complexity index is 317. The Morgan fingerprint density at radius 3 is 2.81 bits per heavy atom. The molecule has 0 fully saturated rings. The van der Waals surface area contributed by atoms with Gasteiger partial charge < -0.3 is 10.4 Å². The van der Waals surface area contributed by atoms with Gasteiger partial charge in [0.25, 0.3) is 0 Å². The molecule has 3 heteroatoms. The van der Waals surface area contributed by atoms with Crippen molar-refractivity contribution in [2.24, 2.45) is 0 Å². The van der Waals surface area contributed by atoms with Gasteiger partial charge in [0.05, 0.1) is 6.10 Å². The van der Waals surface area contributed by atoms with E-state index in [1.807, 2.05) is 14.0 Å². The van der Waals surface area contributed by atoms with Crippen LogP contribution in [0.1, 0.15) is 31.9 Å². The molecule has 1 rings (SSSR count). The normalized spacial score (nSPS) is 14.8. The van der Waals surface area contributed by atoms with Crippen LogP contribution in [0, 0.1) is 0 Å². The summed E-state index contributed by atoms with van der Waals surface area (Å²) < 4.78 is 0. The highest BCUT2D eigenvalue weighted by Crippen LogP contribution is 2.23. The Balaban J connectivity index is 2.60. The van der Waals surface area contributed by atoms with E-state index in [2.05, 4.69) is 36.5 Å². The third-order valence-electron chi connectivity index (χ3n) is 2.70. The second-order valence-electron chi connectivity index (χ2n) is 3.96. The molecule has 2 N–H and O–H groups in total. The molecule has 0 aliphatic carbocycles. The summed E-state index contributed by atoms with van der Waals surface area (Å²) in [5.41, 5.74) is 1.29. The van der Waals surface area contributed by atoms with Crippen molar-refractivity contribution in [3.63, 3.8) is 0 Å². The number of thioether (sulfide) groups is 1. The first-order chi connectivity index (χ1) is 7.67. The molecule has 0 aliphatic heterocycles. The molecule has 2 atom stereocenters. The number of hydrogen-bond acceptors (Lipinski definition) is 3. The Hall–Kier alpha value is -0.510. The van der Waals surface area contributed by atoms with E-state index in [0.717, 1.165) is 12.2 Å². The second kappa shape index (κ2) is 6.94. The Morgan fingerprint density at radius 1 is 1.44 bits per heavy atom. The van der Waals surface area contributed by atoms with Crippen LogP contribution in [0.5, 0.6) is 0 Å². The smallest absolute Gasteiger partial charge is 0.0631 e. The monoisotopic (exact) mass is 239 g/mol. The van der Waals surface area contributed by atoms with Gasteiger partial charge in [0.1, 0.15) is 0 Å². The van der Waals surface area contributed by atoms with Crippen molar-refractivity contribution >= 4 is 11.8 Å². The van der Waals surface area contributed by atoms with Crippen molar-refractivity contribution in [3.8, 4) is 0 Å². The second-order valence-corrected chi connectivity index (χ2v) is 5.05. The first-order valence-corrected chi connectivity index (χ1v) is 6.74. The van der Waals surface area contributed by atoms with E-state index in [0.29, 0.717) is 6.04 Å². The summed E-state index contributed by atoms with van der Waals surface area (Å²) in [5, 5.41) is 12.7. The van der Waals surface area contributed by atoms with Gasteiger partial charge in [-0.2, -0.15) is 0 Å². The molecule has 1 aromatic carbocycles. The van der Waals surface area contributed by atoms with Gasteiger partial charge in [-0.1, -0.05) is 19.1 Å². The molecule has 2 unspecified atom stereocenters. The van der Waals surface area contributed by atoms with Gasteiger partial charge in [0.15, 0.2) is 0 Å². The number of rotatable bonds is 6. The van der Waals surface area contributed by atoms with Gasteiger partial charge in [0.2, 0.25) is 0 Å². The molecular weight excluding hydrogens is 218 g/mol. The fourth-order valence-corrected chi connectivity index (χ4v) is 2.37. The largest absolute Gasteiger partial charge is 0.392 e. The lowest BCUT2D eigenvalue weighted by molar-refractivity contribution is 0.195. The summed E-state index contributed by atoms with van der Waals surface area (Å²) in [6, 6.07) is 8.86. The van der Waals surface area contributed by atoms with Crippen LogP contribution in [0.3, 0.4) is 0 Å². The molecule has 0 saturated heterocycles. The lowest BCUT2D eigenvalue weighted by Gasteiger charge is -2.12. The van der Waals surface area contributed by atoms with Crippen molar-refractivity contribution in [2.45, 2.75) is 37.3 Å². The predicted molar refractivity (Wildman–Crippen MR) is 70.9 cm³/mol. The zero-order valence-corrected chi connectivity index (χ0v) is 11.1. The van der Waals surface area contributed by atoms with E-state index < -0.39 is 0 Å². The fourth-order valence-electron chi connectivity index (χ4n) is 1.35. The van der Waals surface area contributed by atoms with Crippen LogP contribution >= 0.6 is 11.8 Å². The highest BCUT2D eigenvalue weighted by molar-refractivity contribution is 7.99. The van der Waals surface area contributed by atoms with E-state index in [9.17, 15) is 5.11 Å². The van der Waals surface area contributed by atoms with E-state index in [4.69, 9.17) is 0 Å². The minimum atomic E-state index is -0.199. The van der Waals surface area contributed by atoms with Crippen molar-refractivity contribution in [1.82, 2.24) is 5.32 Å². The highest BCUT2D eigenvalue weighted by Gasteiger charge is 2.05. The first-order valence-electron chi connectivity index (χ1n) is 5.75. The van der Waals surface area contributed by atoms with Gasteiger partial charge in [-0.05, 0) is 38.1 Å². The summed E-state index contributed by atoms with van der Waals surface area (Å²) in [6.45, 7) is 4.15. The molecule has 0 spiro atoms. The van der Waals surface area contributed by atoms with Crippen molar-refractivity contribution in [1.29, 1.82) is 0 Å². The van der Waals surface area contributed by atoms with Gasteiger partial charge in [-0.25, -0.2) is 0 Å². The van der Waals surface area contributed by atoms with Gasteiger partial charge in [0, 0.05) is 16.7 Å². The number of aliphatic hydroxyl groups is 1. The maximum atomic E-state index is 9.51. The SMILES string of the molecule is CCC(O)CSc1cccc(C(C)NC)c1. The fraction of sp³-hybridized carbons (Fsp3) is 0.538. The van der Waals surface area contributed by atoms with Crippen LogP contribution in [0.2, 0.25) is 0 Å². The number of nitrogens with one attached hydrogen (secondary N) is 1. The molecule has 0 aliphatic rings. The minimum Gasteiger partial charge on any atom is -0.392 e. The van der Waals surface area contributed by atoms with Gasteiger partial charge in [-0.3, -0.25) is 0 Å². The molecule has 0 heterocycles. The first kappa shape index (κ1) is 13.6. The lowest BCUT2D eigenvalue weighted by atomic mass is 10.1. The van der Waals surface area contributed by atoms with Crippen LogP contribution in [0.15, 0.2) is 29.2 Å². The van der Waals surface area contributed by atoms with E-state index >= 15 is 0 Å². The summed E-state index contributed by atoms with van der Waals surface area (Å²) in [6.07, 6.45) is 0.620. The number of aliphatic hydroxyl groups excluding tert-OH is 1. The molecule has 0 amide bonds. The molecule has 0 aromatic heterocycles. The standard InChI is InChI=1S/C13H21NOS/c1-4-12(15)9-16-13-7-5-6-11(8-13)10(2)14-3/h5-8,10,12,14-15H,4,9H2,1-3H3. The van der Waals surface area contributed by atoms with Crippen LogP contribution in [0.25, 0.3) is 0 Å². The van der Waals surface area contributed by atoms with Crippen molar-refractivity contribution < 1.29 is 5.11 Å². The van der Waals surface area contributed by atoms with Crippen LogP contribution in [-0.2, 0) is 0 Å². The van der Waals surface area contributed by atoms with E-state index in [1.54, 1.807) is 11.8 Å². The minimum absolute atomic E-state index is 0.199. The third-order valence-corrected chi connectivity index (χ3v) is 3.84. The topological polar surface area (TPSA) is 32.3 Å². The maximum absolute atomic E-state index is 9.51. The lowest BCUT2D eigenvalue weighted by Crippen LogP contribution is -2.12. The summed E-state index contributed by atoms with van der Waals surface area (Å²) in [4.78, 5) is 1.23. The van der Waals surface area contributed by atoms with Crippen LogP contribution < -0.4 is 5.32 Å². The molecular formula is C13H21NOS. The Labute approximate surface area is 102 Å².